The summed E-state index contributed by atoms with van der Waals surface area (Å²) in [6, 6.07) is 10.5. The van der Waals surface area contributed by atoms with Gasteiger partial charge in [-0.3, -0.25) is 0 Å². The van der Waals surface area contributed by atoms with Gasteiger partial charge in [0.15, 0.2) is 0 Å². The van der Waals surface area contributed by atoms with Crippen molar-refractivity contribution in [2.45, 2.75) is 65.3 Å². The lowest BCUT2D eigenvalue weighted by atomic mass is 10.1. The molecule has 0 saturated carbocycles. The van der Waals surface area contributed by atoms with Gasteiger partial charge in [-0.15, -0.1) is 0 Å². The zero-order chi connectivity index (χ0) is 17.6. The smallest absolute Gasteiger partial charge is 0.133 e. The Morgan fingerprint density at radius 3 is 2.29 bits per heavy atom. The van der Waals surface area contributed by atoms with Gasteiger partial charge in [-0.2, -0.15) is 0 Å². The first-order chi connectivity index (χ1) is 11.5. The van der Waals surface area contributed by atoms with Gasteiger partial charge in [0.2, 0.25) is 0 Å². The van der Waals surface area contributed by atoms with E-state index in [1.807, 2.05) is 0 Å². The normalized spacial score (nSPS) is 11.9. The highest BCUT2D eigenvalue weighted by Crippen LogP contribution is 2.29. The molecule has 1 aromatic heterocycles. The van der Waals surface area contributed by atoms with Crippen LogP contribution in [0.4, 0.5) is 0 Å². The fraction of sp³-hybridized carbons (Fsp3) is 0.524. The van der Waals surface area contributed by atoms with Crippen molar-refractivity contribution in [3.63, 3.8) is 0 Å². The van der Waals surface area contributed by atoms with Crippen molar-refractivity contribution in [1.82, 2.24) is 0 Å². The number of ether oxygens (including phenoxy) is 1. The minimum absolute atomic E-state index is 0.563. The number of unbranched alkanes of at least 4 members (excludes halogenated alkanes) is 3. The average molecular weight is 345 g/mol. The van der Waals surface area contributed by atoms with E-state index in [0.717, 1.165) is 17.9 Å². The minimum atomic E-state index is -1.53. The van der Waals surface area contributed by atoms with Crippen LogP contribution in [0.25, 0.3) is 11.3 Å². The molecule has 0 amide bonds. The zero-order valence-corrected chi connectivity index (χ0v) is 16.9. The second-order valence-electron chi connectivity index (χ2n) is 7.57. The van der Waals surface area contributed by atoms with E-state index in [9.17, 15) is 0 Å². The van der Waals surface area contributed by atoms with Crippen molar-refractivity contribution >= 4 is 13.3 Å². The van der Waals surface area contributed by atoms with Crippen LogP contribution in [0.15, 0.2) is 34.7 Å². The van der Waals surface area contributed by atoms with E-state index in [1.54, 1.807) is 7.11 Å². The molecular weight excluding hydrogens is 312 g/mol. The van der Waals surface area contributed by atoms with Crippen molar-refractivity contribution in [3.8, 4) is 11.3 Å². The van der Waals surface area contributed by atoms with E-state index in [-0.39, 0.29) is 0 Å². The summed E-state index contributed by atoms with van der Waals surface area (Å²) in [7, 11) is 0.219. The van der Waals surface area contributed by atoms with Crippen LogP contribution in [0.1, 0.15) is 43.9 Å². The summed E-state index contributed by atoms with van der Waals surface area (Å²) >= 11 is 0. The number of furan rings is 1. The SMILES string of the molecule is CCCCCCc1c(COC)oc(-c2ccccc2)c1[Si](C)(C)C. The van der Waals surface area contributed by atoms with Crippen LogP contribution < -0.4 is 5.19 Å². The molecule has 0 spiro atoms. The molecule has 0 N–H and O–H groups in total. The monoisotopic (exact) mass is 344 g/mol. The molecule has 0 bridgehead atoms. The third kappa shape index (κ3) is 4.61. The minimum Gasteiger partial charge on any atom is -0.458 e. The topological polar surface area (TPSA) is 22.4 Å². The second-order valence-corrected chi connectivity index (χ2v) is 12.6. The van der Waals surface area contributed by atoms with Crippen LogP contribution in [0.2, 0.25) is 19.6 Å². The van der Waals surface area contributed by atoms with Gasteiger partial charge in [0, 0.05) is 12.7 Å². The highest BCUT2D eigenvalue weighted by molar-refractivity contribution is 6.90. The number of rotatable bonds is 9. The fourth-order valence-electron chi connectivity index (χ4n) is 3.34. The van der Waals surface area contributed by atoms with E-state index >= 15 is 0 Å². The summed E-state index contributed by atoms with van der Waals surface area (Å²) in [4.78, 5) is 0. The summed E-state index contributed by atoms with van der Waals surface area (Å²) in [5.74, 6) is 2.11. The lowest BCUT2D eigenvalue weighted by Crippen LogP contribution is -2.40. The molecule has 2 aromatic rings. The molecule has 1 heterocycles. The predicted molar refractivity (Wildman–Crippen MR) is 106 cm³/mol. The third-order valence-corrected chi connectivity index (χ3v) is 6.46. The van der Waals surface area contributed by atoms with Crippen molar-refractivity contribution in [2.75, 3.05) is 7.11 Å². The van der Waals surface area contributed by atoms with Crippen LogP contribution in [0.3, 0.4) is 0 Å². The highest BCUT2D eigenvalue weighted by Gasteiger charge is 2.30. The summed E-state index contributed by atoms with van der Waals surface area (Å²) in [6.45, 7) is 10.1. The second kappa shape index (κ2) is 8.68. The van der Waals surface area contributed by atoms with E-state index in [2.05, 4.69) is 56.9 Å². The first-order valence-electron chi connectivity index (χ1n) is 9.18. The Hall–Kier alpha value is -1.32. The first kappa shape index (κ1) is 19.0. The molecule has 0 aliphatic rings. The van der Waals surface area contributed by atoms with Crippen molar-refractivity contribution in [3.05, 3.63) is 41.7 Å². The van der Waals surface area contributed by atoms with Gasteiger partial charge in [-0.25, -0.2) is 0 Å². The Kier molecular flexibility index (Phi) is 6.87. The Balaban J connectivity index is 2.47. The molecule has 0 aliphatic heterocycles. The van der Waals surface area contributed by atoms with Gasteiger partial charge in [-0.1, -0.05) is 76.2 Å². The van der Waals surface area contributed by atoms with Gasteiger partial charge in [-0.05, 0) is 23.6 Å². The molecule has 0 saturated heterocycles. The van der Waals surface area contributed by atoms with E-state index in [1.165, 1.54) is 42.0 Å². The van der Waals surface area contributed by atoms with Crippen LogP contribution in [0.5, 0.6) is 0 Å². The Morgan fingerprint density at radius 1 is 1.00 bits per heavy atom. The number of hydrogen-bond acceptors (Lipinski definition) is 2. The molecule has 1 aromatic carbocycles. The predicted octanol–water partition coefficient (Wildman–Crippen LogP) is 5.76. The maximum absolute atomic E-state index is 6.37. The van der Waals surface area contributed by atoms with Gasteiger partial charge in [0.05, 0.1) is 8.07 Å². The molecule has 0 aliphatic carbocycles. The lowest BCUT2D eigenvalue weighted by Gasteiger charge is -2.19. The molecule has 0 atom stereocenters. The Morgan fingerprint density at radius 2 is 1.71 bits per heavy atom. The van der Waals surface area contributed by atoms with Crippen LogP contribution >= 0.6 is 0 Å². The van der Waals surface area contributed by atoms with Crippen LogP contribution in [-0.2, 0) is 17.8 Å². The van der Waals surface area contributed by atoms with E-state index < -0.39 is 8.07 Å². The standard InChI is InChI=1S/C21H32O2Si/c1-6-7-8-12-15-18-19(16-22-2)23-20(21(18)24(3,4)5)17-13-10-9-11-14-17/h9-11,13-14H,6-8,12,15-16H2,1-5H3. The maximum atomic E-state index is 6.37. The zero-order valence-electron chi connectivity index (χ0n) is 15.9. The molecule has 132 valence electrons. The van der Waals surface area contributed by atoms with Crippen molar-refractivity contribution in [2.24, 2.45) is 0 Å². The van der Waals surface area contributed by atoms with E-state index in [0.29, 0.717) is 6.61 Å². The van der Waals surface area contributed by atoms with Gasteiger partial charge in [0.25, 0.3) is 0 Å². The molecule has 0 fully saturated rings. The molecule has 24 heavy (non-hydrogen) atoms. The molecule has 2 rings (SSSR count). The molecule has 3 heteroatoms. The van der Waals surface area contributed by atoms with E-state index in [4.69, 9.17) is 9.15 Å². The van der Waals surface area contributed by atoms with Crippen LogP contribution in [0, 0.1) is 0 Å². The Bertz CT molecular complexity index is 623. The van der Waals surface area contributed by atoms with Gasteiger partial charge in [0.1, 0.15) is 18.1 Å². The number of methoxy groups -OCH3 is 1. The van der Waals surface area contributed by atoms with Crippen molar-refractivity contribution in [1.29, 1.82) is 0 Å². The van der Waals surface area contributed by atoms with Crippen molar-refractivity contribution < 1.29 is 9.15 Å². The summed E-state index contributed by atoms with van der Waals surface area (Å²) < 4.78 is 11.8. The number of hydrogen-bond donors (Lipinski definition) is 0. The fourth-order valence-corrected chi connectivity index (χ4v) is 5.39. The number of benzene rings is 1. The van der Waals surface area contributed by atoms with Crippen LogP contribution in [-0.4, -0.2) is 15.2 Å². The highest BCUT2D eigenvalue weighted by atomic mass is 28.3. The molecular formula is C21H32O2Si. The van der Waals surface area contributed by atoms with Gasteiger partial charge < -0.3 is 9.15 Å². The molecule has 0 unspecified atom stereocenters. The molecule has 2 nitrogen and oxygen atoms in total. The quantitative estimate of drug-likeness (QED) is 0.426. The molecule has 0 radical (unpaired) electrons. The Labute approximate surface area is 148 Å². The summed E-state index contributed by atoms with van der Waals surface area (Å²) in [5.41, 5.74) is 2.61. The summed E-state index contributed by atoms with van der Waals surface area (Å²) in [6.07, 6.45) is 6.21. The first-order valence-corrected chi connectivity index (χ1v) is 12.7. The third-order valence-electron chi connectivity index (χ3n) is 4.43. The largest absolute Gasteiger partial charge is 0.458 e. The van der Waals surface area contributed by atoms with Gasteiger partial charge >= 0.3 is 0 Å². The maximum Gasteiger partial charge on any atom is 0.133 e. The lowest BCUT2D eigenvalue weighted by molar-refractivity contribution is 0.164. The average Bonchev–Trinajstić information content (AvgIpc) is 2.91. The summed E-state index contributed by atoms with van der Waals surface area (Å²) in [5, 5.41) is 1.48.